The Kier molecular flexibility index (Phi) is 5.42. The van der Waals surface area contributed by atoms with Crippen LogP contribution in [0, 0.1) is 5.92 Å². The summed E-state index contributed by atoms with van der Waals surface area (Å²) in [7, 11) is 1.67. The average Bonchev–Trinajstić information content (AvgIpc) is 2.67. The van der Waals surface area contributed by atoms with Gasteiger partial charge >= 0.3 is 0 Å². The molecule has 1 aromatic heterocycles. The van der Waals surface area contributed by atoms with Gasteiger partial charge in [0.05, 0.1) is 0 Å². The highest BCUT2D eigenvalue weighted by atomic mass is 16.5. The van der Waals surface area contributed by atoms with Crippen LogP contribution in [0.5, 0.6) is 0 Å². The molecule has 1 heterocycles. The smallest absolute Gasteiger partial charge is 0.228 e. The van der Waals surface area contributed by atoms with Crippen molar-refractivity contribution in [2.45, 2.75) is 33.3 Å². The number of ether oxygens (including phenoxy) is 1. The second-order valence-electron chi connectivity index (χ2n) is 4.05. The van der Waals surface area contributed by atoms with Gasteiger partial charge in [-0.25, -0.2) is 0 Å². The van der Waals surface area contributed by atoms with E-state index in [9.17, 15) is 0 Å². The topological polar surface area (TPSA) is 60.2 Å². The molecule has 92 valence electrons. The summed E-state index contributed by atoms with van der Waals surface area (Å²) in [5.74, 6) is 1.65. The number of aromatic nitrogens is 2. The summed E-state index contributed by atoms with van der Waals surface area (Å²) in [6.45, 7) is 8.02. The van der Waals surface area contributed by atoms with Gasteiger partial charge in [-0.05, 0) is 12.5 Å². The summed E-state index contributed by atoms with van der Waals surface area (Å²) in [5.41, 5.74) is 0. The van der Waals surface area contributed by atoms with Crippen molar-refractivity contribution in [1.29, 1.82) is 0 Å². The number of hydrogen-bond donors (Lipinski definition) is 1. The van der Waals surface area contributed by atoms with Gasteiger partial charge in [0.15, 0.2) is 0 Å². The molecular formula is C11H21N3O2. The van der Waals surface area contributed by atoms with E-state index in [1.54, 1.807) is 7.11 Å². The molecule has 0 aromatic carbocycles. The van der Waals surface area contributed by atoms with Gasteiger partial charge in [-0.15, -0.1) is 0 Å². The first-order chi connectivity index (χ1) is 7.69. The molecule has 0 radical (unpaired) electrons. The van der Waals surface area contributed by atoms with Gasteiger partial charge in [0.2, 0.25) is 11.7 Å². The molecule has 0 aliphatic heterocycles. The van der Waals surface area contributed by atoms with Crippen LogP contribution >= 0.6 is 0 Å². The second-order valence-corrected chi connectivity index (χ2v) is 4.05. The molecule has 0 fully saturated rings. The van der Waals surface area contributed by atoms with Crippen LogP contribution in [0.1, 0.15) is 38.6 Å². The van der Waals surface area contributed by atoms with Gasteiger partial charge in [0.1, 0.15) is 6.10 Å². The third-order valence-electron chi connectivity index (χ3n) is 2.36. The zero-order valence-corrected chi connectivity index (χ0v) is 10.5. The first kappa shape index (κ1) is 13.1. The zero-order valence-electron chi connectivity index (χ0n) is 10.5. The molecule has 1 atom stereocenters. The lowest BCUT2D eigenvalue weighted by Gasteiger charge is -2.14. The maximum atomic E-state index is 5.34. The van der Waals surface area contributed by atoms with Crippen molar-refractivity contribution in [3.8, 4) is 0 Å². The zero-order chi connectivity index (χ0) is 12.0. The molecule has 1 aromatic rings. The number of nitrogens with one attached hydrogen (secondary N) is 1. The largest absolute Gasteiger partial charge is 0.373 e. The van der Waals surface area contributed by atoms with E-state index >= 15 is 0 Å². The van der Waals surface area contributed by atoms with Gasteiger partial charge in [-0.3, -0.25) is 0 Å². The van der Waals surface area contributed by atoms with Crippen LogP contribution in [0.15, 0.2) is 4.52 Å². The summed E-state index contributed by atoms with van der Waals surface area (Å²) >= 11 is 0. The van der Waals surface area contributed by atoms with Crippen molar-refractivity contribution in [1.82, 2.24) is 15.5 Å². The Morgan fingerprint density at radius 3 is 2.75 bits per heavy atom. The Labute approximate surface area is 96.6 Å². The lowest BCUT2D eigenvalue weighted by atomic mass is 10.1. The second kappa shape index (κ2) is 6.60. The molecule has 16 heavy (non-hydrogen) atoms. The summed E-state index contributed by atoms with van der Waals surface area (Å²) in [4.78, 5) is 4.33. The van der Waals surface area contributed by atoms with Gasteiger partial charge in [0, 0.05) is 20.1 Å². The summed E-state index contributed by atoms with van der Waals surface area (Å²) < 4.78 is 10.5. The quantitative estimate of drug-likeness (QED) is 0.716. The van der Waals surface area contributed by atoms with Gasteiger partial charge in [-0.1, -0.05) is 25.9 Å². The van der Waals surface area contributed by atoms with E-state index in [1.165, 1.54) is 0 Å². The van der Waals surface area contributed by atoms with Crippen LogP contribution in [0.25, 0.3) is 0 Å². The number of nitrogens with zero attached hydrogens (tertiary/aromatic N) is 2. The highest BCUT2D eigenvalue weighted by Crippen LogP contribution is 2.22. The standard InChI is InChI=1S/C11H21N3O2/c1-5-12-7-6-9-13-11(14-16-9)10(15-4)8(2)3/h8,10,12H,5-7H2,1-4H3. The van der Waals surface area contributed by atoms with Crippen LogP contribution in [-0.4, -0.2) is 30.3 Å². The predicted molar refractivity (Wildman–Crippen MR) is 61.1 cm³/mol. The van der Waals surface area contributed by atoms with E-state index < -0.39 is 0 Å². The van der Waals surface area contributed by atoms with E-state index in [0.29, 0.717) is 17.6 Å². The lowest BCUT2D eigenvalue weighted by Crippen LogP contribution is -2.16. The van der Waals surface area contributed by atoms with Gasteiger partial charge < -0.3 is 14.6 Å². The number of rotatable bonds is 7. The molecule has 0 amide bonds. The maximum absolute atomic E-state index is 5.34. The highest BCUT2D eigenvalue weighted by molar-refractivity contribution is 4.93. The monoisotopic (exact) mass is 227 g/mol. The minimum absolute atomic E-state index is 0.0864. The van der Waals surface area contributed by atoms with E-state index in [0.717, 1.165) is 19.5 Å². The lowest BCUT2D eigenvalue weighted by molar-refractivity contribution is 0.0555. The van der Waals surface area contributed by atoms with Crippen LogP contribution in [0.2, 0.25) is 0 Å². The van der Waals surface area contributed by atoms with Crippen molar-refractivity contribution in [3.05, 3.63) is 11.7 Å². The highest BCUT2D eigenvalue weighted by Gasteiger charge is 2.20. The predicted octanol–water partition coefficient (Wildman–Crippen LogP) is 1.57. The van der Waals surface area contributed by atoms with E-state index in [-0.39, 0.29) is 6.10 Å². The molecular weight excluding hydrogens is 206 g/mol. The van der Waals surface area contributed by atoms with Crippen LogP contribution in [-0.2, 0) is 11.2 Å². The number of hydrogen-bond acceptors (Lipinski definition) is 5. The minimum atomic E-state index is -0.0864. The Bertz CT molecular complexity index is 299. The summed E-state index contributed by atoms with van der Waals surface area (Å²) in [6, 6.07) is 0. The van der Waals surface area contributed by atoms with Crippen LogP contribution in [0.3, 0.4) is 0 Å². The fourth-order valence-corrected chi connectivity index (χ4v) is 1.53. The fourth-order valence-electron chi connectivity index (χ4n) is 1.53. The first-order valence-corrected chi connectivity index (χ1v) is 5.75. The molecule has 0 saturated heterocycles. The summed E-state index contributed by atoms with van der Waals surface area (Å²) in [5, 5.41) is 7.16. The molecule has 0 aliphatic rings. The van der Waals surface area contributed by atoms with E-state index in [2.05, 4.69) is 36.2 Å². The SMILES string of the molecule is CCNCCc1nc(C(OC)C(C)C)no1. The molecule has 1 rings (SSSR count). The normalized spacial score (nSPS) is 13.3. The molecule has 5 heteroatoms. The van der Waals surface area contributed by atoms with Crippen molar-refractivity contribution in [3.63, 3.8) is 0 Å². The molecule has 5 nitrogen and oxygen atoms in total. The van der Waals surface area contributed by atoms with Crippen molar-refractivity contribution in [2.24, 2.45) is 5.92 Å². The molecule has 1 unspecified atom stereocenters. The first-order valence-electron chi connectivity index (χ1n) is 5.75. The van der Waals surface area contributed by atoms with E-state index in [1.807, 2.05) is 0 Å². The van der Waals surface area contributed by atoms with Crippen molar-refractivity contribution < 1.29 is 9.26 Å². The molecule has 0 spiro atoms. The molecule has 0 saturated carbocycles. The van der Waals surface area contributed by atoms with Crippen molar-refractivity contribution >= 4 is 0 Å². The molecule has 1 N–H and O–H groups in total. The number of likely N-dealkylation sites (N-methyl/N-ethyl adjacent to an activating group) is 1. The maximum Gasteiger partial charge on any atom is 0.228 e. The van der Waals surface area contributed by atoms with Crippen molar-refractivity contribution in [2.75, 3.05) is 20.2 Å². The molecule has 0 bridgehead atoms. The third kappa shape index (κ3) is 3.57. The fraction of sp³-hybridized carbons (Fsp3) is 0.818. The Balaban J connectivity index is 2.55. The Hall–Kier alpha value is -0.940. The third-order valence-corrected chi connectivity index (χ3v) is 2.36. The van der Waals surface area contributed by atoms with Crippen LogP contribution < -0.4 is 5.32 Å². The summed E-state index contributed by atoms with van der Waals surface area (Å²) in [6.07, 6.45) is 0.673. The average molecular weight is 227 g/mol. The Morgan fingerprint density at radius 2 is 2.19 bits per heavy atom. The van der Waals surface area contributed by atoms with Gasteiger partial charge in [-0.2, -0.15) is 4.98 Å². The Morgan fingerprint density at radius 1 is 1.44 bits per heavy atom. The minimum Gasteiger partial charge on any atom is -0.373 e. The van der Waals surface area contributed by atoms with Crippen LogP contribution in [0.4, 0.5) is 0 Å². The van der Waals surface area contributed by atoms with E-state index in [4.69, 9.17) is 9.26 Å². The number of methoxy groups -OCH3 is 1. The molecule has 0 aliphatic carbocycles. The van der Waals surface area contributed by atoms with Gasteiger partial charge in [0.25, 0.3) is 0 Å².